The van der Waals surface area contributed by atoms with Crippen molar-refractivity contribution in [2.45, 2.75) is 13.3 Å². The van der Waals surface area contributed by atoms with Crippen LogP contribution >= 0.6 is 12.2 Å². The number of carboxylic acid groups (broad SMARTS) is 1. The lowest BCUT2D eigenvalue weighted by Gasteiger charge is -2.29. The summed E-state index contributed by atoms with van der Waals surface area (Å²) in [6.07, 6.45) is 8.85. The van der Waals surface area contributed by atoms with Gasteiger partial charge >= 0.3 is 5.97 Å². The highest BCUT2D eigenvalue weighted by atomic mass is 32.1. The molecule has 1 aliphatic heterocycles. The van der Waals surface area contributed by atoms with Gasteiger partial charge in [0.05, 0.1) is 17.9 Å². The molecule has 178 valence electrons. The molecule has 9 heteroatoms. The smallest absolute Gasteiger partial charge is 0.335 e. The Bertz CT molecular complexity index is 1290. The lowest BCUT2D eigenvalue weighted by atomic mass is 10.0. The number of hydrogen-bond acceptors (Lipinski definition) is 6. The van der Waals surface area contributed by atoms with E-state index < -0.39 is 17.8 Å². The third kappa shape index (κ3) is 5.57. The molecule has 2 amide bonds. The van der Waals surface area contributed by atoms with E-state index in [1.165, 1.54) is 30.3 Å². The minimum Gasteiger partial charge on any atom is -0.490 e. The van der Waals surface area contributed by atoms with Crippen molar-refractivity contribution in [2.24, 2.45) is 0 Å². The highest BCUT2D eigenvalue weighted by Crippen LogP contribution is 2.35. The van der Waals surface area contributed by atoms with Crippen molar-refractivity contribution in [2.75, 3.05) is 18.1 Å². The number of carbonyl (C=O) groups excluding carboxylic acids is 2. The Morgan fingerprint density at radius 1 is 1.29 bits per heavy atom. The van der Waals surface area contributed by atoms with Crippen LogP contribution in [0.4, 0.5) is 5.69 Å². The van der Waals surface area contributed by atoms with E-state index in [9.17, 15) is 19.5 Å². The number of terminal acetylenes is 1. The Morgan fingerprint density at radius 2 is 2.06 bits per heavy atom. The molecular formula is C26H22N2O6S. The number of aromatic carboxylic acids is 1. The molecule has 0 saturated carbocycles. The van der Waals surface area contributed by atoms with E-state index in [1.807, 2.05) is 6.92 Å². The van der Waals surface area contributed by atoms with E-state index in [0.717, 1.165) is 4.90 Å². The molecule has 2 aromatic rings. The number of benzene rings is 2. The number of rotatable bonds is 9. The molecule has 1 saturated heterocycles. The number of nitrogens with zero attached hydrogens (tertiary/aromatic N) is 1. The van der Waals surface area contributed by atoms with Gasteiger partial charge in [-0.05, 0) is 67.5 Å². The predicted octanol–water partition coefficient (Wildman–Crippen LogP) is 3.36. The van der Waals surface area contributed by atoms with Crippen LogP contribution in [0, 0.1) is 12.3 Å². The van der Waals surface area contributed by atoms with Gasteiger partial charge in [0.15, 0.2) is 16.6 Å². The Labute approximate surface area is 207 Å². The Hall–Kier alpha value is -4.42. The van der Waals surface area contributed by atoms with Gasteiger partial charge in [0.25, 0.3) is 11.8 Å². The fraction of sp³-hybridized carbons (Fsp3) is 0.154. The topological polar surface area (TPSA) is 105 Å². The quantitative estimate of drug-likeness (QED) is 0.183. The van der Waals surface area contributed by atoms with Crippen LogP contribution in [0.2, 0.25) is 0 Å². The number of hydrogen-bond donors (Lipinski definition) is 2. The van der Waals surface area contributed by atoms with Crippen molar-refractivity contribution in [1.82, 2.24) is 5.32 Å². The number of carbonyl (C=O) groups is 3. The molecule has 0 bridgehead atoms. The van der Waals surface area contributed by atoms with Crippen LogP contribution in [0.5, 0.6) is 11.5 Å². The van der Waals surface area contributed by atoms with Crippen LogP contribution in [-0.2, 0) is 16.0 Å². The van der Waals surface area contributed by atoms with Gasteiger partial charge < -0.3 is 14.6 Å². The summed E-state index contributed by atoms with van der Waals surface area (Å²) in [4.78, 5) is 38.5. The van der Waals surface area contributed by atoms with Crippen LogP contribution in [0.15, 0.2) is 54.6 Å². The van der Waals surface area contributed by atoms with Gasteiger partial charge in [-0.3, -0.25) is 19.8 Å². The van der Waals surface area contributed by atoms with E-state index >= 15 is 0 Å². The second-order valence-electron chi connectivity index (χ2n) is 7.24. The number of anilines is 1. The first kappa shape index (κ1) is 25.2. The summed E-state index contributed by atoms with van der Waals surface area (Å²) in [6, 6.07) is 9.08. The largest absolute Gasteiger partial charge is 0.490 e. The lowest BCUT2D eigenvalue weighted by molar-refractivity contribution is -0.122. The number of carboxylic acids is 1. The fourth-order valence-electron chi connectivity index (χ4n) is 3.45. The Kier molecular flexibility index (Phi) is 8.02. The van der Waals surface area contributed by atoms with Crippen LogP contribution in [0.3, 0.4) is 0 Å². The molecule has 0 aliphatic carbocycles. The zero-order valence-corrected chi connectivity index (χ0v) is 19.7. The molecule has 1 fully saturated rings. The molecule has 0 unspecified atom stereocenters. The molecule has 0 spiro atoms. The van der Waals surface area contributed by atoms with E-state index in [1.54, 1.807) is 18.2 Å². The van der Waals surface area contributed by atoms with Crippen molar-refractivity contribution < 1.29 is 29.0 Å². The Balaban J connectivity index is 2.09. The zero-order chi connectivity index (χ0) is 25.5. The molecule has 2 aromatic carbocycles. The van der Waals surface area contributed by atoms with E-state index in [2.05, 4.69) is 17.8 Å². The van der Waals surface area contributed by atoms with Crippen molar-refractivity contribution >= 4 is 46.9 Å². The minimum atomic E-state index is -1.16. The number of nitrogens with one attached hydrogen (secondary N) is 1. The third-order valence-corrected chi connectivity index (χ3v) is 5.17. The average molecular weight is 491 g/mol. The summed E-state index contributed by atoms with van der Waals surface area (Å²) in [5.41, 5.74) is 1.20. The maximum Gasteiger partial charge on any atom is 0.335 e. The Morgan fingerprint density at radius 3 is 2.71 bits per heavy atom. The number of ether oxygens (including phenoxy) is 2. The summed E-state index contributed by atoms with van der Waals surface area (Å²) in [6.45, 7) is 5.96. The SMILES string of the molecule is C#CCOc1c(CC=C)cc(C=C2C(=O)NC(=S)N(c3cccc(C(=O)O)c3)C2=O)cc1OCC. The van der Waals surface area contributed by atoms with Gasteiger partial charge in [-0.15, -0.1) is 13.0 Å². The van der Waals surface area contributed by atoms with Gasteiger partial charge in [-0.1, -0.05) is 18.1 Å². The second kappa shape index (κ2) is 11.1. The summed E-state index contributed by atoms with van der Waals surface area (Å²) in [5.74, 6) is 0.739. The third-order valence-electron chi connectivity index (χ3n) is 4.88. The molecule has 0 radical (unpaired) electrons. The van der Waals surface area contributed by atoms with Gasteiger partial charge in [-0.2, -0.15) is 0 Å². The number of thiocarbonyl (C=S) groups is 1. The van der Waals surface area contributed by atoms with Crippen molar-refractivity contribution in [3.8, 4) is 23.8 Å². The lowest BCUT2D eigenvalue weighted by Crippen LogP contribution is -2.54. The highest BCUT2D eigenvalue weighted by molar-refractivity contribution is 7.80. The monoisotopic (exact) mass is 490 g/mol. The summed E-state index contributed by atoms with van der Waals surface area (Å²) >= 11 is 5.19. The van der Waals surface area contributed by atoms with Crippen molar-refractivity contribution in [1.29, 1.82) is 0 Å². The number of amides is 2. The summed E-state index contributed by atoms with van der Waals surface area (Å²) in [7, 11) is 0. The van der Waals surface area contributed by atoms with Gasteiger partial charge in [-0.25, -0.2) is 4.79 Å². The predicted molar refractivity (Wildman–Crippen MR) is 135 cm³/mol. The van der Waals surface area contributed by atoms with Crippen LogP contribution in [0.25, 0.3) is 6.08 Å². The molecule has 1 aliphatic rings. The van der Waals surface area contributed by atoms with Crippen molar-refractivity contribution in [3.63, 3.8) is 0 Å². The van der Waals surface area contributed by atoms with Crippen LogP contribution in [-0.4, -0.2) is 41.2 Å². The van der Waals surface area contributed by atoms with E-state index in [0.29, 0.717) is 35.7 Å². The summed E-state index contributed by atoms with van der Waals surface area (Å²) < 4.78 is 11.4. The van der Waals surface area contributed by atoms with E-state index in [-0.39, 0.29) is 28.5 Å². The molecule has 35 heavy (non-hydrogen) atoms. The van der Waals surface area contributed by atoms with Gasteiger partial charge in [0.2, 0.25) is 0 Å². The van der Waals surface area contributed by atoms with Gasteiger partial charge in [0.1, 0.15) is 12.2 Å². The maximum atomic E-state index is 13.3. The minimum absolute atomic E-state index is 0.0292. The van der Waals surface area contributed by atoms with E-state index in [4.69, 9.17) is 28.1 Å². The summed E-state index contributed by atoms with van der Waals surface area (Å²) in [5, 5.41) is 11.6. The van der Waals surface area contributed by atoms with Gasteiger partial charge in [0, 0.05) is 5.56 Å². The molecule has 8 nitrogen and oxygen atoms in total. The fourth-order valence-corrected chi connectivity index (χ4v) is 3.73. The first-order valence-corrected chi connectivity index (χ1v) is 10.9. The second-order valence-corrected chi connectivity index (χ2v) is 7.63. The highest BCUT2D eigenvalue weighted by Gasteiger charge is 2.35. The molecule has 0 atom stereocenters. The molecule has 3 rings (SSSR count). The maximum absolute atomic E-state index is 13.3. The van der Waals surface area contributed by atoms with Crippen LogP contribution in [0.1, 0.15) is 28.4 Å². The first-order valence-electron chi connectivity index (χ1n) is 10.5. The number of allylic oxidation sites excluding steroid dienone is 1. The molecular weight excluding hydrogens is 468 g/mol. The first-order chi connectivity index (χ1) is 16.8. The van der Waals surface area contributed by atoms with Crippen LogP contribution < -0.4 is 19.7 Å². The zero-order valence-electron chi connectivity index (χ0n) is 18.9. The van der Waals surface area contributed by atoms with Crippen molar-refractivity contribution in [3.05, 3.63) is 71.3 Å². The average Bonchev–Trinajstić information content (AvgIpc) is 2.82. The normalized spacial score (nSPS) is 14.3. The standard InChI is InChI=1S/C26H22N2O6S/c1-4-8-17-12-16(14-21(33-6-3)22(17)34-11-5-2)13-20-23(29)27-26(35)28(24(20)30)19-10-7-9-18(15-19)25(31)32/h2,4,7,9-10,12-15H,1,6,8,11H2,3H3,(H,31,32)(H,27,29,35). The molecule has 0 aromatic heterocycles. The molecule has 1 heterocycles. The molecule has 2 N–H and O–H groups in total.